The predicted molar refractivity (Wildman–Crippen MR) is 121 cm³/mol. The number of carbonyl (C=O) groups is 1. The van der Waals surface area contributed by atoms with Crippen LogP contribution in [0.3, 0.4) is 0 Å². The first kappa shape index (κ1) is 19.6. The largest absolute Gasteiger partial charge is 0.497 e. The minimum absolute atomic E-state index is 0.0450. The van der Waals surface area contributed by atoms with Gasteiger partial charge in [-0.05, 0) is 68.1 Å². The van der Waals surface area contributed by atoms with Crippen molar-refractivity contribution < 1.29 is 14.3 Å². The molecule has 2 aromatic carbocycles. The van der Waals surface area contributed by atoms with E-state index in [4.69, 9.17) is 19.6 Å². The lowest BCUT2D eigenvalue weighted by molar-refractivity contribution is -0.118. The topological polar surface area (TPSA) is 77.2 Å². The molecule has 0 saturated heterocycles. The quantitative estimate of drug-likeness (QED) is 0.654. The minimum atomic E-state index is -0.149. The van der Waals surface area contributed by atoms with E-state index in [0.717, 1.165) is 40.3 Å². The maximum atomic E-state index is 11.7. The number of nitrogens with zero attached hydrogens (tertiary/aromatic N) is 3. The number of methoxy groups -OCH3 is 1. The second kappa shape index (κ2) is 8.39. The number of hydrogen-bond donors (Lipinski definition) is 1. The summed E-state index contributed by atoms with van der Waals surface area (Å²) in [5.74, 6) is 1.32. The fraction of sp³-hybridized carbons (Fsp3) is 0.261. The van der Waals surface area contributed by atoms with E-state index >= 15 is 0 Å². The maximum absolute atomic E-state index is 11.7. The molecule has 7 nitrogen and oxygen atoms in total. The van der Waals surface area contributed by atoms with Crippen LogP contribution in [0.5, 0.6) is 11.5 Å². The number of nitrogens with one attached hydrogen (secondary N) is 1. The Hall–Kier alpha value is -3.39. The molecule has 1 N–H and O–H groups in total. The Bertz CT molecular complexity index is 1220. The Morgan fingerprint density at radius 3 is 2.71 bits per heavy atom. The molecule has 2 aliphatic rings. The average molecular weight is 435 g/mol. The normalized spacial score (nSPS) is 16.0. The number of carbonyl (C=O) groups excluding carboxylic acids is 1. The molecule has 1 amide bonds. The van der Waals surface area contributed by atoms with Crippen LogP contribution in [-0.2, 0) is 4.79 Å². The van der Waals surface area contributed by atoms with E-state index in [2.05, 4.69) is 10.7 Å². The van der Waals surface area contributed by atoms with Crippen molar-refractivity contribution in [3.8, 4) is 22.8 Å². The van der Waals surface area contributed by atoms with Gasteiger partial charge in [-0.2, -0.15) is 5.10 Å². The predicted octanol–water partition coefficient (Wildman–Crippen LogP) is 4.57. The Balaban J connectivity index is 1.61. The Morgan fingerprint density at radius 1 is 1.13 bits per heavy atom. The molecule has 5 rings (SSSR count). The van der Waals surface area contributed by atoms with Gasteiger partial charge in [0.25, 0.3) is 5.91 Å². The molecule has 1 aliphatic heterocycles. The molecule has 0 spiro atoms. The first-order valence-electron chi connectivity index (χ1n) is 10.2. The summed E-state index contributed by atoms with van der Waals surface area (Å²) in [6.45, 7) is 0.0450. The van der Waals surface area contributed by atoms with Crippen LogP contribution in [0.15, 0.2) is 57.9 Å². The second-order valence-corrected chi connectivity index (χ2v) is 8.28. The molecule has 1 saturated carbocycles. The van der Waals surface area contributed by atoms with Crippen LogP contribution >= 0.6 is 11.3 Å². The number of ether oxygens (including phenoxy) is 2. The number of fused-ring (bicyclic) bond motifs is 1. The summed E-state index contributed by atoms with van der Waals surface area (Å²) in [5, 5.41) is 9.89. The number of rotatable bonds is 4. The van der Waals surface area contributed by atoms with Gasteiger partial charge in [-0.3, -0.25) is 4.79 Å². The monoisotopic (exact) mass is 434 g/mol. The van der Waals surface area contributed by atoms with Gasteiger partial charge in [0.05, 0.1) is 24.2 Å². The first-order chi connectivity index (χ1) is 15.2. The third-order valence-corrected chi connectivity index (χ3v) is 6.13. The first-order valence-corrected chi connectivity index (χ1v) is 11.1. The van der Waals surface area contributed by atoms with Gasteiger partial charge in [0.2, 0.25) is 4.80 Å². The highest BCUT2D eigenvalue weighted by molar-refractivity contribution is 7.07. The van der Waals surface area contributed by atoms with Gasteiger partial charge < -0.3 is 14.8 Å². The summed E-state index contributed by atoms with van der Waals surface area (Å²) in [7, 11) is 1.65. The number of benzene rings is 2. The van der Waals surface area contributed by atoms with Crippen molar-refractivity contribution in [2.24, 2.45) is 10.1 Å². The Morgan fingerprint density at radius 2 is 1.94 bits per heavy atom. The summed E-state index contributed by atoms with van der Waals surface area (Å²) >= 11 is 1.54. The van der Waals surface area contributed by atoms with Crippen molar-refractivity contribution in [3.05, 3.63) is 52.6 Å². The number of anilines is 1. The standard InChI is InChI=1S/C23H22N4O3S/c1-29-18-9-7-16(8-10-18)24-23-27(26-17-4-2-3-5-17)20(14-31-23)15-6-11-21-19(12-15)25-22(28)13-30-21/h6-12,14H,2-5,13H2,1H3,(H,25,28). The van der Waals surface area contributed by atoms with Crippen molar-refractivity contribution in [3.63, 3.8) is 0 Å². The number of hydrogen-bond acceptors (Lipinski definition) is 6. The molecule has 0 atom stereocenters. The lowest BCUT2D eigenvalue weighted by Crippen LogP contribution is -2.25. The molecular weight excluding hydrogens is 412 g/mol. The van der Waals surface area contributed by atoms with Crippen molar-refractivity contribution in [2.75, 3.05) is 19.0 Å². The smallest absolute Gasteiger partial charge is 0.262 e. The number of aromatic nitrogens is 1. The SMILES string of the molecule is COc1ccc(N=c2scc(-c3ccc4c(c3)NC(=O)CO4)n2N=C2CCCC2)cc1. The lowest BCUT2D eigenvalue weighted by atomic mass is 10.1. The highest BCUT2D eigenvalue weighted by atomic mass is 32.1. The molecule has 1 fully saturated rings. The van der Waals surface area contributed by atoms with Gasteiger partial charge in [0.15, 0.2) is 6.61 Å². The fourth-order valence-corrected chi connectivity index (χ4v) is 4.56. The number of thiazole rings is 1. The van der Waals surface area contributed by atoms with Gasteiger partial charge in [-0.1, -0.05) is 0 Å². The lowest BCUT2D eigenvalue weighted by Gasteiger charge is -2.18. The molecule has 0 radical (unpaired) electrons. The average Bonchev–Trinajstić information content (AvgIpc) is 3.44. The summed E-state index contributed by atoms with van der Waals surface area (Å²) in [6, 6.07) is 13.4. The van der Waals surface area contributed by atoms with Crippen molar-refractivity contribution in [2.45, 2.75) is 25.7 Å². The van der Waals surface area contributed by atoms with Crippen LogP contribution in [0.2, 0.25) is 0 Å². The van der Waals surface area contributed by atoms with Gasteiger partial charge in [-0.25, -0.2) is 9.67 Å². The molecular formula is C23H22N4O3S. The summed E-state index contributed by atoms with van der Waals surface area (Å²) in [6.07, 6.45) is 4.37. The third-order valence-electron chi connectivity index (χ3n) is 5.31. The summed E-state index contributed by atoms with van der Waals surface area (Å²) in [5.41, 5.74) is 4.57. The Kier molecular flexibility index (Phi) is 5.30. The molecule has 1 aliphatic carbocycles. The van der Waals surface area contributed by atoms with Crippen LogP contribution in [0, 0.1) is 0 Å². The van der Waals surface area contributed by atoms with Crippen molar-refractivity contribution >= 4 is 34.3 Å². The van der Waals surface area contributed by atoms with E-state index in [1.807, 2.05) is 47.1 Å². The molecule has 3 aromatic rings. The van der Waals surface area contributed by atoms with Gasteiger partial charge >= 0.3 is 0 Å². The molecule has 158 valence electrons. The zero-order valence-electron chi connectivity index (χ0n) is 17.1. The van der Waals surface area contributed by atoms with Gasteiger partial charge in [-0.15, -0.1) is 11.3 Å². The molecule has 8 heteroatoms. The molecule has 1 aromatic heterocycles. The number of amides is 1. The van der Waals surface area contributed by atoms with Crippen LogP contribution in [0.25, 0.3) is 11.3 Å². The van der Waals surface area contributed by atoms with E-state index in [-0.39, 0.29) is 12.5 Å². The zero-order valence-corrected chi connectivity index (χ0v) is 17.9. The summed E-state index contributed by atoms with van der Waals surface area (Å²) < 4.78 is 12.7. The third kappa shape index (κ3) is 4.11. The van der Waals surface area contributed by atoms with Gasteiger partial charge in [0.1, 0.15) is 11.5 Å². The van der Waals surface area contributed by atoms with E-state index in [0.29, 0.717) is 11.4 Å². The van der Waals surface area contributed by atoms with E-state index in [1.54, 1.807) is 7.11 Å². The van der Waals surface area contributed by atoms with Gasteiger partial charge in [0, 0.05) is 16.7 Å². The fourth-order valence-electron chi connectivity index (χ4n) is 3.71. The van der Waals surface area contributed by atoms with Crippen LogP contribution in [-0.4, -0.2) is 30.0 Å². The van der Waals surface area contributed by atoms with E-state index in [9.17, 15) is 4.79 Å². The molecule has 2 heterocycles. The van der Waals surface area contributed by atoms with E-state index in [1.165, 1.54) is 29.9 Å². The van der Waals surface area contributed by atoms with Crippen LogP contribution < -0.4 is 19.6 Å². The van der Waals surface area contributed by atoms with Crippen LogP contribution in [0.1, 0.15) is 25.7 Å². The molecule has 0 bridgehead atoms. The maximum Gasteiger partial charge on any atom is 0.262 e. The molecule has 0 unspecified atom stereocenters. The van der Waals surface area contributed by atoms with Crippen LogP contribution in [0.4, 0.5) is 11.4 Å². The highest BCUT2D eigenvalue weighted by Gasteiger charge is 2.18. The zero-order chi connectivity index (χ0) is 21.2. The minimum Gasteiger partial charge on any atom is -0.497 e. The highest BCUT2D eigenvalue weighted by Crippen LogP contribution is 2.33. The van der Waals surface area contributed by atoms with E-state index < -0.39 is 0 Å². The van der Waals surface area contributed by atoms with Crippen molar-refractivity contribution in [1.82, 2.24) is 4.68 Å². The van der Waals surface area contributed by atoms with Crippen molar-refractivity contribution in [1.29, 1.82) is 0 Å². The summed E-state index contributed by atoms with van der Waals surface area (Å²) in [4.78, 5) is 17.4. The Labute approximate surface area is 183 Å². The molecule has 31 heavy (non-hydrogen) atoms. The second-order valence-electron chi connectivity index (χ2n) is 7.45.